The van der Waals surface area contributed by atoms with Crippen molar-refractivity contribution in [2.24, 2.45) is 0 Å². The summed E-state index contributed by atoms with van der Waals surface area (Å²) in [4.78, 5) is 6.03. The molecule has 1 aliphatic rings. The SMILES string of the molecule is Cc1ccccc1C(=S=O)C1(O)CCN(CCc2c[nH]c3ccc(F)cc23)CC1. The lowest BCUT2D eigenvalue weighted by atomic mass is 9.84. The minimum atomic E-state index is -1.07. The van der Waals surface area contributed by atoms with Gasteiger partial charge >= 0.3 is 0 Å². The maximum atomic E-state index is 13.6. The summed E-state index contributed by atoms with van der Waals surface area (Å²) in [5.41, 5.74) is 2.83. The number of halogens is 1. The molecule has 0 saturated carbocycles. The first kappa shape index (κ1) is 20.0. The van der Waals surface area contributed by atoms with E-state index >= 15 is 0 Å². The van der Waals surface area contributed by atoms with Gasteiger partial charge in [-0.3, -0.25) is 0 Å². The Labute approximate surface area is 173 Å². The van der Waals surface area contributed by atoms with Crippen LogP contribution in [0, 0.1) is 12.7 Å². The monoisotopic (exact) mass is 412 g/mol. The second kappa shape index (κ2) is 8.22. The van der Waals surface area contributed by atoms with Crippen molar-refractivity contribution in [2.45, 2.75) is 31.8 Å². The third-order valence-electron chi connectivity index (χ3n) is 6.01. The van der Waals surface area contributed by atoms with Crippen LogP contribution in [-0.4, -0.2) is 49.3 Å². The first-order valence-corrected chi connectivity index (χ1v) is 10.7. The standard InChI is InChI=1S/C23H25FN2O2S/c1-16-4-2-3-5-19(16)22(29-28)23(27)9-12-26(13-10-23)11-8-17-15-25-21-7-6-18(24)14-20(17)21/h2-7,14-15,25,27H,8-13H2,1H3. The number of aromatic nitrogens is 1. The van der Waals surface area contributed by atoms with Gasteiger partial charge < -0.3 is 15.0 Å². The highest BCUT2D eigenvalue weighted by Crippen LogP contribution is 2.28. The van der Waals surface area contributed by atoms with Gasteiger partial charge in [0.05, 0.1) is 16.1 Å². The van der Waals surface area contributed by atoms with Crippen molar-refractivity contribution >= 4 is 27.0 Å². The van der Waals surface area contributed by atoms with Crippen LogP contribution in [0.25, 0.3) is 10.9 Å². The van der Waals surface area contributed by atoms with Gasteiger partial charge in [0.15, 0.2) is 0 Å². The first-order chi connectivity index (χ1) is 14.0. The number of aliphatic hydroxyl groups is 1. The summed E-state index contributed by atoms with van der Waals surface area (Å²) >= 11 is 0.416. The fourth-order valence-electron chi connectivity index (χ4n) is 4.21. The molecule has 1 aliphatic heterocycles. The average molecular weight is 413 g/mol. The summed E-state index contributed by atoms with van der Waals surface area (Å²) in [6, 6.07) is 12.5. The van der Waals surface area contributed by atoms with Crippen molar-refractivity contribution in [3.05, 3.63) is 71.2 Å². The molecule has 0 aliphatic carbocycles. The van der Waals surface area contributed by atoms with Gasteiger partial charge in [-0.25, -0.2) is 8.60 Å². The summed E-state index contributed by atoms with van der Waals surface area (Å²) in [5, 5.41) is 12.1. The molecule has 0 radical (unpaired) electrons. The predicted octanol–water partition coefficient (Wildman–Crippen LogP) is 3.42. The largest absolute Gasteiger partial charge is 0.384 e. The van der Waals surface area contributed by atoms with E-state index in [-0.39, 0.29) is 5.82 Å². The van der Waals surface area contributed by atoms with Gasteiger partial charge in [-0.2, -0.15) is 0 Å². The molecule has 1 fully saturated rings. The van der Waals surface area contributed by atoms with Crippen molar-refractivity contribution in [1.29, 1.82) is 0 Å². The molecule has 4 rings (SSSR count). The lowest BCUT2D eigenvalue weighted by Crippen LogP contribution is -2.50. The fourth-order valence-corrected chi connectivity index (χ4v) is 4.89. The quantitative estimate of drug-likeness (QED) is 0.499. The number of aryl methyl sites for hydroxylation is 1. The Bertz CT molecular complexity index is 1080. The molecule has 2 N–H and O–H groups in total. The number of aromatic amines is 1. The van der Waals surface area contributed by atoms with Crippen molar-refractivity contribution in [1.82, 2.24) is 9.88 Å². The minimum Gasteiger partial charge on any atom is -0.384 e. The number of benzene rings is 2. The number of rotatable bonds is 5. The molecule has 0 bridgehead atoms. The number of hydrogen-bond donors (Lipinski definition) is 2. The Morgan fingerprint density at radius 2 is 2.00 bits per heavy atom. The maximum Gasteiger partial charge on any atom is 0.123 e. The van der Waals surface area contributed by atoms with Gasteiger partial charge in [0.25, 0.3) is 0 Å². The fraction of sp³-hybridized carbons (Fsp3) is 0.348. The lowest BCUT2D eigenvalue weighted by molar-refractivity contribution is 0.0381. The highest BCUT2D eigenvalue weighted by molar-refractivity contribution is 7.67. The van der Waals surface area contributed by atoms with E-state index in [9.17, 15) is 13.7 Å². The van der Waals surface area contributed by atoms with Gasteiger partial charge in [0.1, 0.15) is 11.4 Å². The molecular formula is C23H25FN2O2S. The van der Waals surface area contributed by atoms with Crippen LogP contribution in [0.3, 0.4) is 0 Å². The van der Waals surface area contributed by atoms with Gasteiger partial charge in [-0.05, 0) is 61.1 Å². The highest BCUT2D eigenvalue weighted by atomic mass is 32.1. The van der Waals surface area contributed by atoms with Crippen LogP contribution in [0.5, 0.6) is 0 Å². The van der Waals surface area contributed by atoms with E-state index in [1.54, 1.807) is 12.1 Å². The molecule has 29 heavy (non-hydrogen) atoms. The van der Waals surface area contributed by atoms with E-state index in [0.717, 1.165) is 53.6 Å². The Morgan fingerprint density at radius 3 is 2.72 bits per heavy atom. The van der Waals surface area contributed by atoms with Crippen LogP contribution in [0.2, 0.25) is 0 Å². The molecule has 152 valence electrons. The predicted molar refractivity (Wildman–Crippen MR) is 116 cm³/mol. The third-order valence-corrected chi connectivity index (χ3v) is 6.77. The summed E-state index contributed by atoms with van der Waals surface area (Å²) in [7, 11) is 0. The Hall–Kier alpha value is -2.28. The number of H-pyrrole nitrogens is 1. The Balaban J connectivity index is 1.41. The average Bonchev–Trinajstić information content (AvgIpc) is 3.11. The molecule has 6 heteroatoms. The number of fused-ring (bicyclic) bond motifs is 1. The molecule has 0 amide bonds. The van der Waals surface area contributed by atoms with Crippen LogP contribution >= 0.6 is 0 Å². The first-order valence-electron chi connectivity index (χ1n) is 9.94. The van der Waals surface area contributed by atoms with Crippen LogP contribution in [0.4, 0.5) is 4.39 Å². The number of hydrogen-bond acceptors (Lipinski definition) is 3. The number of nitrogens with one attached hydrogen (secondary N) is 1. The van der Waals surface area contributed by atoms with E-state index in [4.69, 9.17) is 0 Å². The second-order valence-electron chi connectivity index (χ2n) is 7.85. The molecule has 2 aromatic carbocycles. The topological polar surface area (TPSA) is 56.3 Å². The summed E-state index contributed by atoms with van der Waals surface area (Å²) in [6.07, 6.45) is 3.83. The van der Waals surface area contributed by atoms with Crippen molar-refractivity contribution in [2.75, 3.05) is 19.6 Å². The zero-order valence-electron chi connectivity index (χ0n) is 16.5. The van der Waals surface area contributed by atoms with Gasteiger partial charge in [-0.1, -0.05) is 24.3 Å². The summed E-state index contributed by atoms with van der Waals surface area (Å²) in [5.74, 6) is -0.226. The van der Waals surface area contributed by atoms with Crippen LogP contribution in [0.1, 0.15) is 29.5 Å². The third kappa shape index (κ3) is 4.06. The van der Waals surface area contributed by atoms with Gasteiger partial charge in [-0.15, -0.1) is 0 Å². The smallest absolute Gasteiger partial charge is 0.123 e. The maximum absolute atomic E-state index is 13.6. The molecule has 1 saturated heterocycles. The van der Waals surface area contributed by atoms with E-state index < -0.39 is 5.60 Å². The zero-order valence-corrected chi connectivity index (χ0v) is 17.3. The molecule has 0 spiro atoms. The molecule has 0 unspecified atom stereocenters. The highest BCUT2D eigenvalue weighted by Gasteiger charge is 2.38. The molecule has 2 heterocycles. The molecule has 1 aromatic heterocycles. The van der Waals surface area contributed by atoms with Crippen LogP contribution in [-0.2, 0) is 17.7 Å². The Kier molecular flexibility index (Phi) is 5.67. The van der Waals surface area contributed by atoms with Gasteiger partial charge in [0.2, 0.25) is 0 Å². The van der Waals surface area contributed by atoms with Crippen molar-refractivity contribution in [3.63, 3.8) is 0 Å². The van der Waals surface area contributed by atoms with Crippen molar-refractivity contribution in [3.8, 4) is 0 Å². The van der Waals surface area contributed by atoms with Crippen LogP contribution in [0.15, 0.2) is 48.7 Å². The second-order valence-corrected chi connectivity index (χ2v) is 8.43. The zero-order chi connectivity index (χ0) is 20.4. The Morgan fingerprint density at radius 1 is 1.24 bits per heavy atom. The molecule has 3 aromatic rings. The molecule has 4 nitrogen and oxygen atoms in total. The lowest BCUT2D eigenvalue weighted by Gasteiger charge is -2.38. The summed E-state index contributed by atoms with van der Waals surface area (Å²) in [6.45, 7) is 4.25. The minimum absolute atomic E-state index is 0.226. The normalized spacial score (nSPS) is 16.8. The number of nitrogens with zero attached hydrogens (tertiary/aromatic N) is 1. The molecular weight excluding hydrogens is 387 g/mol. The summed E-state index contributed by atoms with van der Waals surface area (Å²) < 4.78 is 25.4. The number of likely N-dealkylation sites (tertiary alicyclic amines) is 1. The van der Waals surface area contributed by atoms with Gasteiger partial charge in [0, 0.05) is 36.7 Å². The van der Waals surface area contributed by atoms with E-state index in [1.807, 2.05) is 37.4 Å². The van der Waals surface area contributed by atoms with E-state index in [2.05, 4.69) is 9.88 Å². The van der Waals surface area contributed by atoms with E-state index in [1.165, 1.54) is 6.07 Å². The number of piperidine rings is 1. The van der Waals surface area contributed by atoms with Crippen LogP contribution < -0.4 is 0 Å². The van der Waals surface area contributed by atoms with Crippen molar-refractivity contribution < 1.29 is 13.7 Å². The van der Waals surface area contributed by atoms with E-state index in [0.29, 0.717) is 29.0 Å². The molecule has 0 atom stereocenters.